The summed E-state index contributed by atoms with van der Waals surface area (Å²) in [5.74, 6) is 1.30. The third kappa shape index (κ3) is 46.4. The summed E-state index contributed by atoms with van der Waals surface area (Å²) in [6.07, 6.45) is 8.52. The third-order valence-electron chi connectivity index (χ3n) is 10.4. The Morgan fingerprint density at radius 1 is 0.328 bits per heavy atom. The molecule has 0 unspecified atom stereocenters. The van der Waals surface area contributed by atoms with Gasteiger partial charge in [0.05, 0.1) is 67.9 Å². The molecule has 1 aliphatic carbocycles. The molecule has 0 N–H and O–H groups in total. The molecule has 1 fully saturated rings. The van der Waals surface area contributed by atoms with E-state index in [1.807, 2.05) is 46.8 Å². The van der Waals surface area contributed by atoms with Crippen molar-refractivity contribution in [3.05, 3.63) is 25.3 Å². The van der Waals surface area contributed by atoms with E-state index in [0.717, 1.165) is 67.9 Å². The minimum atomic E-state index is -0.0957. The number of rotatable bonds is 14. The van der Waals surface area contributed by atoms with Crippen LogP contribution in [0.1, 0.15) is 192 Å². The molecule has 10 heteroatoms. The van der Waals surface area contributed by atoms with Crippen LogP contribution < -0.4 is 0 Å². The van der Waals surface area contributed by atoms with Gasteiger partial charge in [0.15, 0.2) is 0 Å². The molecule has 1 saturated carbocycles. The molecule has 0 heterocycles. The van der Waals surface area contributed by atoms with Gasteiger partial charge in [-0.05, 0) is 192 Å². The predicted molar refractivity (Wildman–Crippen MR) is 283 cm³/mol. The molecule has 58 heavy (non-hydrogen) atoms. The van der Waals surface area contributed by atoms with Crippen LogP contribution in [-0.2, 0) is 44.2 Å². The predicted octanol–water partition coefficient (Wildman–Crippen LogP) is 17.3. The van der Waals surface area contributed by atoms with E-state index < -0.39 is 0 Å². The summed E-state index contributed by atoms with van der Waals surface area (Å²) in [4.78, 5) is 15.5. The van der Waals surface area contributed by atoms with Gasteiger partial charge in [0.1, 0.15) is 0 Å². The monoisotopic (exact) mass is 1110 g/mol. The van der Waals surface area contributed by atoms with E-state index >= 15 is 0 Å². The quantitative estimate of drug-likeness (QED) is 0.0752. The second-order valence-corrected chi connectivity index (χ2v) is 36.8. The SMILES string of the molecule is CC(C)[PH+](C(C)C)C(C)C.CC(C)[PH+](C(C)C)C(C)C.CC(C)[PH+](C(C)C)C(C)C.CC(C)[PH+](C(C)C)C(C)C.[CH-]=CC1CCC(C=[CH-])CC1.[CH-]=O.[CH-]=O.[Cl][Ru+2].[Cl][Ru+2]. The fraction of sp³-hybridized carbons (Fsp3) is 0.875. The fourth-order valence-electron chi connectivity index (χ4n) is 9.53. The molecule has 2 nitrogen and oxygen atoms in total. The van der Waals surface area contributed by atoms with Gasteiger partial charge < -0.3 is 22.7 Å². The van der Waals surface area contributed by atoms with Crippen molar-refractivity contribution >= 4 is 64.6 Å². The van der Waals surface area contributed by atoms with Gasteiger partial charge in [-0.15, -0.1) is 0 Å². The van der Waals surface area contributed by atoms with Crippen LogP contribution in [0, 0.1) is 25.0 Å². The summed E-state index contributed by atoms with van der Waals surface area (Å²) in [6.45, 7) is 74.2. The molecule has 354 valence electrons. The van der Waals surface area contributed by atoms with Crippen molar-refractivity contribution < 1.29 is 44.2 Å². The van der Waals surface area contributed by atoms with E-state index in [1.54, 1.807) is 0 Å². The zero-order valence-electron chi connectivity index (χ0n) is 42.7. The van der Waals surface area contributed by atoms with Gasteiger partial charge in [-0.3, -0.25) is 25.7 Å². The van der Waals surface area contributed by atoms with E-state index in [2.05, 4.69) is 199 Å². The van der Waals surface area contributed by atoms with Gasteiger partial charge in [-0.25, -0.2) is 0 Å². The molecule has 1 rings (SSSR count). The molecular formula is C48H104Cl2O2P4Ru2+4. The van der Waals surface area contributed by atoms with Crippen molar-refractivity contribution in [2.75, 3.05) is 0 Å². The average molecular weight is 1110 g/mol. The van der Waals surface area contributed by atoms with E-state index in [9.17, 15) is 0 Å². The molecule has 0 amide bonds. The fourth-order valence-corrected chi connectivity index (χ4v) is 25.5. The molecule has 0 bridgehead atoms. The molecule has 0 radical (unpaired) electrons. The second-order valence-electron chi connectivity index (χ2n) is 18.9. The average Bonchev–Trinajstić information content (AvgIpc) is 3.10. The maximum absolute atomic E-state index is 7.75. The Balaban J connectivity index is -0.0000000858. The van der Waals surface area contributed by atoms with Gasteiger partial charge in [-0.1, -0.05) is 11.8 Å². The van der Waals surface area contributed by atoms with Crippen LogP contribution in [0.15, 0.2) is 12.2 Å². The zero-order chi connectivity index (χ0) is 48.6. The Bertz CT molecular complexity index is 629. The van der Waals surface area contributed by atoms with Crippen LogP contribution in [0.5, 0.6) is 0 Å². The zero-order valence-corrected chi connectivity index (χ0v) is 51.6. The van der Waals surface area contributed by atoms with Gasteiger partial charge >= 0.3 is 54.0 Å². The van der Waals surface area contributed by atoms with Crippen LogP contribution in [0.2, 0.25) is 0 Å². The second kappa shape index (κ2) is 52.0. The topological polar surface area (TPSA) is 34.1 Å². The van der Waals surface area contributed by atoms with Crippen molar-refractivity contribution in [2.45, 2.75) is 260 Å². The van der Waals surface area contributed by atoms with Crippen LogP contribution in [-0.4, -0.2) is 81.5 Å². The molecule has 0 aliphatic heterocycles. The molecule has 0 spiro atoms. The van der Waals surface area contributed by atoms with Crippen molar-refractivity contribution in [2.24, 2.45) is 11.8 Å². The molecule has 1 aliphatic rings. The maximum atomic E-state index is 7.75. The Morgan fingerprint density at radius 2 is 0.414 bits per heavy atom. The summed E-state index contributed by atoms with van der Waals surface area (Å²) < 4.78 is 0. The first kappa shape index (κ1) is 77.6. The van der Waals surface area contributed by atoms with Crippen molar-refractivity contribution in [1.82, 2.24) is 0 Å². The number of hydrogen-bond donors (Lipinski definition) is 0. The summed E-state index contributed by atoms with van der Waals surface area (Å²) >= 11 is 3.64. The van der Waals surface area contributed by atoms with Gasteiger partial charge in [0.25, 0.3) is 0 Å². The normalized spacial score (nSPS) is 14.7. The van der Waals surface area contributed by atoms with Crippen LogP contribution >= 0.6 is 51.1 Å². The molecule has 0 aromatic rings. The molecule has 0 atom stereocenters. The minimum absolute atomic E-state index is 0.0957. The summed E-state index contributed by atoms with van der Waals surface area (Å²) in [5.41, 5.74) is 11.2. The van der Waals surface area contributed by atoms with E-state index in [-0.39, 0.29) is 31.7 Å². The van der Waals surface area contributed by atoms with E-state index in [4.69, 9.17) is 22.7 Å². The van der Waals surface area contributed by atoms with Gasteiger partial charge in [-0.2, -0.15) is 0 Å². The van der Waals surface area contributed by atoms with E-state index in [0.29, 0.717) is 11.8 Å². The summed E-state index contributed by atoms with van der Waals surface area (Å²) in [6, 6.07) is 0. The third-order valence-corrected chi connectivity index (χ3v) is 26.4. The molecular weight excluding hydrogens is 1010 g/mol. The Kier molecular flexibility index (Phi) is 69.6. The standard InChI is InChI=1S/C10H14.4C9H21P.2CHO.2ClH.2Ru/c1-3-9-5-7-10(4-2)8-6-9;4*1-7(2)10(8(3)4)9(5)6;2*1-2;;;;/h1-4,9-10H,5-8H2;4*7-9H,1-6H3;2*1H;2*1H;;/q-2;;;;;2*-1;;;2*+3/p+2. The van der Waals surface area contributed by atoms with Crippen LogP contribution in [0.25, 0.3) is 0 Å². The first-order chi connectivity index (χ1) is 26.7. The number of carbonyl (C=O) groups excluding carboxylic acids is 2. The summed E-state index contributed by atoms with van der Waals surface area (Å²) in [7, 11) is 8.76. The summed E-state index contributed by atoms with van der Waals surface area (Å²) in [5, 5.41) is 0. The number of allylic oxidation sites excluding steroid dienone is 2. The Labute approximate surface area is 402 Å². The van der Waals surface area contributed by atoms with Crippen molar-refractivity contribution in [3.8, 4) is 0 Å². The first-order valence-corrected chi connectivity index (χ1v) is 33.4. The Morgan fingerprint density at radius 3 is 0.448 bits per heavy atom. The van der Waals surface area contributed by atoms with Crippen LogP contribution in [0.3, 0.4) is 0 Å². The van der Waals surface area contributed by atoms with Gasteiger partial charge in [0.2, 0.25) is 0 Å². The van der Waals surface area contributed by atoms with Crippen molar-refractivity contribution in [1.29, 1.82) is 0 Å². The molecule has 0 aromatic carbocycles. The number of hydrogen-bond acceptors (Lipinski definition) is 2. The van der Waals surface area contributed by atoms with Crippen molar-refractivity contribution in [3.63, 3.8) is 0 Å². The van der Waals surface area contributed by atoms with Crippen LogP contribution in [0.4, 0.5) is 0 Å². The first-order valence-electron chi connectivity index (χ1n) is 22.0. The van der Waals surface area contributed by atoms with E-state index in [1.165, 1.54) is 25.7 Å². The molecule has 0 saturated heterocycles. The Hall–Kier alpha value is 2.37. The number of halogens is 2. The molecule has 0 aromatic heterocycles. The van der Waals surface area contributed by atoms with Gasteiger partial charge in [0, 0.05) is 31.7 Å².